The summed E-state index contributed by atoms with van der Waals surface area (Å²) in [5.74, 6) is -0.196. The van der Waals surface area contributed by atoms with Crippen LogP contribution in [0.15, 0.2) is 36.4 Å². The Hall–Kier alpha value is -3.17. The molecule has 0 saturated carbocycles. The number of nitro groups is 1. The SMILES string of the molecule is COc1cc([N+](=O)[O-])cc(C=O)c1OCC(=O)N1CCN(Cc2ccc(Cl)cc2)CC1. The second kappa shape index (κ2) is 10.2. The van der Waals surface area contributed by atoms with Gasteiger partial charge in [0.25, 0.3) is 11.6 Å². The maximum Gasteiger partial charge on any atom is 0.274 e. The van der Waals surface area contributed by atoms with Crippen molar-refractivity contribution in [2.45, 2.75) is 6.54 Å². The first-order valence-electron chi connectivity index (χ1n) is 9.60. The van der Waals surface area contributed by atoms with Crippen LogP contribution in [0.1, 0.15) is 15.9 Å². The monoisotopic (exact) mass is 447 g/mol. The van der Waals surface area contributed by atoms with E-state index in [1.807, 2.05) is 24.3 Å². The van der Waals surface area contributed by atoms with Crippen molar-refractivity contribution in [1.29, 1.82) is 0 Å². The Morgan fingerprint density at radius 2 is 1.87 bits per heavy atom. The average molecular weight is 448 g/mol. The maximum atomic E-state index is 12.6. The fourth-order valence-corrected chi connectivity index (χ4v) is 3.46. The zero-order valence-electron chi connectivity index (χ0n) is 17.0. The molecule has 0 spiro atoms. The predicted octanol–water partition coefficient (Wildman–Crippen LogP) is 2.79. The second-order valence-corrected chi connectivity index (χ2v) is 7.45. The van der Waals surface area contributed by atoms with Gasteiger partial charge in [0, 0.05) is 43.8 Å². The van der Waals surface area contributed by atoms with Gasteiger partial charge in [-0.2, -0.15) is 0 Å². The molecule has 0 atom stereocenters. The topological polar surface area (TPSA) is 102 Å². The number of nitro benzene ring substituents is 1. The number of non-ortho nitro benzene ring substituents is 1. The molecule has 2 aromatic rings. The Morgan fingerprint density at radius 1 is 1.19 bits per heavy atom. The van der Waals surface area contributed by atoms with Gasteiger partial charge >= 0.3 is 0 Å². The number of halogens is 1. The zero-order valence-corrected chi connectivity index (χ0v) is 17.7. The highest BCUT2D eigenvalue weighted by Gasteiger charge is 2.24. The van der Waals surface area contributed by atoms with E-state index in [2.05, 4.69) is 4.90 Å². The molecule has 164 valence electrons. The van der Waals surface area contributed by atoms with Crippen LogP contribution in [0, 0.1) is 10.1 Å². The van der Waals surface area contributed by atoms with E-state index in [-0.39, 0.29) is 35.3 Å². The lowest BCUT2D eigenvalue weighted by Gasteiger charge is -2.34. The van der Waals surface area contributed by atoms with E-state index in [0.29, 0.717) is 24.4 Å². The number of carbonyl (C=O) groups excluding carboxylic acids is 2. The van der Waals surface area contributed by atoms with Gasteiger partial charge in [-0.3, -0.25) is 24.6 Å². The van der Waals surface area contributed by atoms with Crippen molar-refractivity contribution in [2.75, 3.05) is 39.9 Å². The summed E-state index contributed by atoms with van der Waals surface area (Å²) in [7, 11) is 1.31. The van der Waals surface area contributed by atoms with Crippen LogP contribution in [-0.4, -0.2) is 66.8 Å². The molecule has 3 rings (SSSR count). The molecule has 0 radical (unpaired) electrons. The third-order valence-corrected chi connectivity index (χ3v) is 5.26. The van der Waals surface area contributed by atoms with Gasteiger partial charge in [-0.05, 0) is 17.7 Å². The van der Waals surface area contributed by atoms with E-state index in [4.69, 9.17) is 21.1 Å². The van der Waals surface area contributed by atoms with Crippen molar-refractivity contribution in [3.05, 3.63) is 62.7 Å². The van der Waals surface area contributed by atoms with Crippen molar-refractivity contribution >= 4 is 29.5 Å². The molecular formula is C21H22ClN3O6. The van der Waals surface area contributed by atoms with E-state index in [0.717, 1.165) is 37.3 Å². The first-order valence-corrected chi connectivity index (χ1v) is 9.98. The fourth-order valence-electron chi connectivity index (χ4n) is 3.34. The van der Waals surface area contributed by atoms with Gasteiger partial charge in [0.05, 0.1) is 23.7 Å². The van der Waals surface area contributed by atoms with Gasteiger partial charge in [0.1, 0.15) is 0 Å². The Labute approximate surface area is 184 Å². The van der Waals surface area contributed by atoms with Gasteiger partial charge in [0.15, 0.2) is 24.4 Å². The van der Waals surface area contributed by atoms with Gasteiger partial charge in [-0.25, -0.2) is 0 Å². The van der Waals surface area contributed by atoms with Crippen LogP contribution in [0.4, 0.5) is 5.69 Å². The highest BCUT2D eigenvalue weighted by atomic mass is 35.5. The van der Waals surface area contributed by atoms with E-state index in [1.165, 1.54) is 7.11 Å². The highest BCUT2D eigenvalue weighted by Crippen LogP contribution is 2.34. The van der Waals surface area contributed by atoms with E-state index in [9.17, 15) is 19.7 Å². The number of ether oxygens (including phenoxy) is 2. The van der Waals surface area contributed by atoms with Gasteiger partial charge in [-0.15, -0.1) is 0 Å². The number of amides is 1. The number of nitrogens with zero attached hydrogens (tertiary/aromatic N) is 3. The molecule has 1 heterocycles. The fraction of sp³-hybridized carbons (Fsp3) is 0.333. The van der Waals surface area contributed by atoms with Crippen LogP contribution in [0.5, 0.6) is 11.5 Å². The molecule has 31 heavy (non-hydrogen) atoms. The number of carbonyl (C=O) groups is 2. The van der Waals surface area contributed by atoms with Crippen molar-refractivity contribution in [1.82, 2.24) is 9.80 Å². The molecule has 0 aliphatic carbocycles. The number of hydrogen-bond donors (Lipinski definition) is 0. The van der Waals surface area contributed by atoms with Gasteiger partial charge in [0.2, 0.25) is 0 Å². The number of piperazine rings is 1. The van der Waals surface area contributed by atoms with Crippen molar-refractivity contribution in [3.63, 3.8) is 0 Å². The van der Waals surface area contributed by atoms with Crippen LogP contribution in [-0.2, 0) is 11.3 Å². The summed E-state index contributed by atoms with van der Waals surface area (Å²) in [6, 6.07) is 9.92. The van der Waals surface area contributed by atoms with Crippen molar-refractivity contribution in [2.24, 2.45) is 0 Å². The summed E-state index contributed by atoms with van der Waals surface area (Å²) in [5, 5.41) is 11.7. The number of hydrogen-bond acceptors (Lipinski definition) is 7. The van der Waals surface area contributed by atoms with Gasteiger partial charge in [-0.1, -0.05) is 23.7 Å². The highest BCUT2D eigenvalue weighted by molar-refractivity contribution is 6.30. The predicted molar refractivity (Wildman–Crippen MR) is 114 cm³/mol. The lowest BCUT2D eigenvalue weighted by Crippen LogP contribution is -2.49. The number of methoxy groups -OCH3 is 1. The van der Waals surface area contributed by atoms with Crippen LogP contribution in [0.2, 0.25) is 5.02 Å². The normalized spacial score (nSPS) is 14.2. The third kappa shape index (κ3) is 5.71. The Kier molecular flexibility index (Phi) is 7.43. The minimum absolute atomic E-state index is 0.0119. The number of rotatable bonds is 8. The zero-order chi connectivity index (χ0) is 22.4. The van der Waals surface area contributed by atoms with Crippen LogP contribution < -0.4 is 9.47 Å². The lowest BCUT2D eigenvalue weighted by molar-refractivity contribution is -0.385. The molecule has 0 N–H and O–H groups in total. The first-order chi connectivity index (χ1) is 14.9. The molecule has 1 fully saturated rings. The van der Waals surface area contributed by atoms with Crippen LogP contribution >= 0.6 is 11.6 Å². The minimum atomic E-state index is -0.631. The molecule has 2 aromatic carbocycles. The average Bonchev–Trinajstić information content (AvgIpc) is 2.78. The summed E-state index contributed by atoms with van der Waals surface area (Å²) >= 11 is 5.92. The molecular weight excluding hydrogens is 426 g/mol. The molecule has 1 aliphatic heterocycles. The summed E-state index contributed by atoms with van der Waals surface area (Å²) < 4.78 is 10.6. The Morgan fingerprint density at radius 3 is 2.45 bits per heavy atom. The van der Waals surface area contributed by atoms with E-state index < -0.39 is 4.92 Å². The first kappa shape index (κ1) is 22.5. The molecule has 0 unspecified atom stereocenters. The standard InChI is InChI=1S/C21H22ClN3O6/c1-30-19-11-18(25(28)29)10-16(13-26)21(19)31-14-20(27)24-8-6-23(7-9-24)12-15-2-4-17(22)5-3-15/h2-5,10-11,13H,6-9,12,14H2,1H3. The quantitative estimate of drug-likeness (QED) is 0.348. The summed E-state index contributed by atoms with van der Waals surface area (Å²) in [6.07, 6.45) is 0.435. The molecule has 9 nitrogen and oxygen atoms in total. The summed E-state index contributed by atoms with van der Waals surface area (Å²) in [6.45, 7) is 3.01. The van der Waals surface area contributed by atoms with E-state index >= 15 is 0 Å². The molecule has 1 saturated heterocycles. The van der Waals surface area contributed by atoms with Crippen molar-refractivity contribution < 1.29 is 24.0 Å². The van der Waals surface area contributed by atoms with Crippen LogP contribution in [0.3, 0.4) is 0 Å². The van der Waals surface area contributed by atoms with E-state index in [1.54, 1.807) is 4.90 Å². The number of aldehydes is 1. The largest absolute Gasteiger partial charge is 0.493 e. The third-order valence-electron chi connectivity index (χ3n) is 5.01. The maximum absolute atomic E-state index is 12.6. The molecule has 0 bridgehead atoms. The molecule has 0 aromatic heterocycles. The minimum Gasteiger partial charge on any atom is -0.493 e. The Balaban J connectivity index is 1.56. The summed E-state index contributed by atoms with van der Waals surface area (Å²) in [4.78, 5) is 38.2. The molecule has 1 aliphatic rings. The van der Waals surface area contributed by atoms with Gasteiger partial charge < -0.3 is 14.4 Å². The van der Waals surface area contributed by atoms with Crippen molar-refractivity contribution in [3.8, 4) is 11.5 Å². The second-order valence-electron chi connectivity index (χ2n) is 7.01. The Bertz CT molecular complexity index is 958. The molecule has 10 heteroatoms. The number of benzene rings is 2. The lowest BCUT2D eigenvalue weighted by atomic mass is 10.1. The van der Waals surface area contributed by atoms with Crippen LogP contribution in [0.25, 0.3) is 0 Å². The smallest absolute Gasteiger partial charge is 0.274 e. The summed E-state index contributed by atoms with van der Waals surface area (Å²) in [5.41, 5.74) is 0.806. The molecule has 1 amide bonds.